The van der Waals surface area contributed by atoms with Crippen molar-refractivity contribution in [2.75, 3.05) is 20.3 Å². The second kappa shape index (κ2) is 5.06. The fraction of sp³-hybridized carbons (Fsp3) is 0.250. The van der Waals surface area contributed by atoms with Gasteiger partial charge in [-0.1, -0.05) is 36.4 Å². The lowest BCUT2D eigenvalue weighted by molar-refractivity contribution is -0.129. The zero-order valence-corrected chi connectivity index (χ0v) is 11.4. The van der Waals surface area contributed by atoms with Crippen molar-refractivity contribution in [1.29, 1.82) is 0 Å². The van der Waals surface area contributed by atoms with Crippen molar-refractivity contribution in [2.24, 2.45) is 0 Å². The topological polar surface area (TPSA) is 45.2 Å². The molecule has 3 rings (SSSR count). The van der Waals surface area contributed by atoms with Crippen molar-refractivity contribution in [3.8, 4) is 0 Å². The molecule has 0 bridgehead atoms. The number of pyridine rings is 1. The highest BCUT2D eigenvalue weighted by molar-refractivity contribution is 5.92. The molecule has 1 unspecified atom stereocenters. The minimum Gasteiger partial charge on any atom is -0.342 e. The van der Waals surface area contributed by atoms with Gasteiger partial charge >= 0.3 is 0 Å². The molecule has 1 aromatic carbocycles. The predicted octanol–water partition coefficient (Wildman–Crippen LogP) is 1.39. The molecular weight excluding hydrogens is 250 g/mol. The van der Waals surface area contributed by atoms with Gasteiger partial charge in [-0.05, 0) is 24.7 Å². The van der Waals surface area contributed by atoms with Crippen molar-refractivity contribution in [3.05, 3.63) is 66.0 Å². The van der Waals surface area contributed by atoms with E-state index in [9.17, 15) is 4.79 Å². The summed E-state index contributed by atoms with van der Waals surface area (Å²) in [4.78, 5) is 19.2. The number of hydrogen-bond acceptors (Lipinski definition) is 3. The summed E-state index contributed by atoms with van der Waals surface area (Å²) in [7, 11) is 2.00. The molecular formula is C16H17N3O. The molecule has 0 aliphatic carbocycles. The Morgan fingerprint density at radius 1 is 1.15 bits per heavy atom. The van der Waals surface area contributed by atoms with Gasteiger partial charge in [-0.25, -0.2) is 0 Å². The second-order valence-electron chi connectivity index (χ2n) is 5.16. The lowest BCUT2D eigenvalue weighted by atomic mass is 9.75. The summed E-state index contributed by atoms with van der Waals surface area (Å²) < 4.78 is 0. The smallest absolute Gasteiger partial charge is 0.239 e. The van der Waals surface area contributed by atoms with Crippen LogP contribution in [0.2, 0.25) is 0 Å². The van der Waals surface area contributed by atoms with Crippen molar-refractivity contribution in [1.82, 2.24) is 15.2 Å². The van der Waals surface area contributed by atoms with Crippen LogP contribution in [0.1, 0.15) is 11.3 Å². The SMILES string of the molecule is CN1CNC(=O)C(c2ccccc2)(c2ccccn2)C1. The minimum absolute atomic E-state index is 0.0144. The average molecular weight is 267 g/mol. The molecule has 0 spiro atoms. The molecule has 4 heteroatoms. The van der Waals surface area contributed by atoms with E-state index in [0.717, 1.165) is 11.3 Å². The predicted molar refractivity (Wildman–Crippen MR) is 77.1 cm³/mol. The lowest BCUT2D eigenvalue weighted by Crippen LogP contribution is -2.59. The lowest BCUT2D eigenvalue weighted by Gasteiger charge is -2.40. The summed E-state index contributed by atoms with van der Waals surface area (Å²) in [5, 5.41) is 2.97. The molecule has 1 atom stereocenters. The summed E-state index contributed by atoms with van der Waals surface area (Å²) in [6.45, 7) is 1.19. The van der Waals surface area contributed by atoms with Crippen molar-refractivity contribution in [3.63, 3.8) is 0 Å². The van der Waals surface area contributed by atoms with E-state index in [0.29, 0.717) is 13.2 Å². The van der Waals surface area contributed by atoms with Crippen LogP contribution in [0.4, 0.5) is 0 Å². The number of carbonyl (C=O) groups excluding carboxylic acids is 1. The molecule has 0 saturated carbocycles. The molecule has 102 valence electrons. The van der Waals surface area contributed by atoms with E-state index in [2.05, 4.69) is 15.2 Å². The Bertz CT molecular complexity index is 558. The van der Waals surface area contributed by atoms with E-state index in [1.165, 1.54) is 0 Å². The van der Waals surface area contributed by atoms with Gasteiger partial charge in [0, 0.05) is 12.7 Å². The molecule has 4 nitrogen and oxygen atoms in total. The minimum atomic E-state index is -0.741. The summed E-state index contributed by atoms with van der Waals surface area (Å²) in [5.41, 5.74) is 1.02. The number of nitrogens with zero attached hydrogens (tertiary/aromatic N) is 2. The van der Waals surface area contributed by atoms with Gasteiger partial charge in [-0.2, -0.15) is 0 Å². The van der Waals surface area contributed by atoms with Crippen LogP contribution in [-0.4, -0.2) is 36.1 Å². The van der Waals surface area contributed by atoms with Crippen LogP contribution in [0.5, 0.6) is 0 Å². The van der Waals surface area contributed by atoms with E-state index in [4.69, 9.17) is 0 Å². The molecule has 0 radical (unpaired) electrons. The van der Waals surface area contributed by atoms with E-state index in [1.54, 1.807) is 6.20 Å². The molecule has 1 amide bonds. The van der Waals surface area contributed by atoms with Gasteiger partial charge in [0.1, 0.15) is 5.41 Å². The van der Waals surface area contributed by atoms with Crippen LogP contribution in [0.25, 0.3) is 0 Å². The van der Waals surface area contributed by atoms with Gasteiger partial charge in [-0.3, -0.25) is 14.7 Å². The largest absolute Gasteiger partial charge is 0.342 e. The Hall–Kier alpha value is -2.20. The quantitative estimate of drug-likeness (QED) is 0.894. The number of amides is 1. The van der Waals surface area contributed by atoms with E-state index in [1.807, 2.05) is 55.6 Å². The van der Waals surface area contributed by atoms with Gasteiger partial charge in [0.25, 0.3) is 0 Å². The Kier molecular flexibility index (Phi) is 3.24. The van der Waals surface area contributed by atoms with Crippen LogP contribution < -0.4 is 5.32 Å². The average Bonchev–Trinajstić information content (AvgIpc) is 2.51. The molecule has 1 fully saturated rings. The standard InChI is InChI=1S/C16H17N3O/c1-19-11-16(15(20)18-12-19,13-7-3-2-4-8-13)14-9-5-6-10-17-14/h2-10H,11-12H2,1H3,(H,18,20). The molecule has 1 aliphatic heterocycles. The third kappa shape index (κ3) is 1.98. The number of likely N-dealkylation sites (N-methyl/N-ethyl adjacent to an activating group) is 1. The van der Waals surface area contributed by atoms with Crippen LogP contribution in [0.3, 0.4) is 0 Å². The van der Waals surface area contributed by atoms with Crippen LogP contribution in [0.15, 0.2) is 54.7 Å². The molecule has 2 heterocycles. The van der Waals surface area contributed by atoms with Gasteiger partial charge in [0.05, 0.1) is 12.4 Å². The van der Waals surface area contributed by atoms with Gasteiger partial charge in [0.15, 0.2) is 0 Å². The third-order valence-electron chi connectivity index (χ3n) is 3.77. The zero-order chi connectivity index (χ0) is 14.0. The number of hydrogen-bond donors (Lipinski definition) is 1. The van der Waals surface area contributed by atoms with E-state index < -0.39 is 5.41 Å². The van der Waals surface area contributed by atoms with Crippen molar-refractivity contribution >= 4 is 5.91 Å². The molecule has 1 aromatic heterocycles. The maximum atomic E-state index is 12.7. The molecule has 20 heavy (non-hydrogen) atoms. The third-order valence-corrected chi connectivity index (χ3v) is 3.77. The van der Waals surface area contributed by atoms with Gasteiger partial charge < -0.3 is 5.32 Å². The first-order chi connectivity index (χ1) is 9.73. The number of benzene rings is 1. The highest BCUT2D eigenvalue weighted by atomic mass is 16.2. The van der Waals surface area contributed by atoms with Crippen LogP contribution in [-0.2, 0) is 10.2 Å². The van der Waals surface area contributed by atoms with E-state index >= 15 is 0 Å². The zero-order valence-electron chi connectivity index (χ0n) is 11.4. The van der Waals surface area contributed by atoms with Gasteiger partial charge in [-0.15, -0.1) is 0 Å². The molecule has 1 aliphatic rings. The Balaban J connectivity index is 2.20. The number of carbonyl (C=O) groups is 1. The monoisotopic (exact) mass is 267 g/mol. The Labute approximate surface area is 118 Å². The van der Waals surface area contributed by atoms with Crippen molar-refractivity contribution in [2.45, 2.75) is 5.41 Å². The highest BCUT2D eigenvalue weighted by Gasteiger charge is 2.46. The number of nitrogens with one attached hydrogen (secondary N) is 1. The maximum Gasteiger partial charge on any atom is 0.239 e. The van der Waals surface area contributed by atoms with E-state index in [-0.39, 0.29) is 5.91 Å². The van der Waals surface area contributed by atoms with Crippen LogP contribution >= 0.6 is 0 Å². The second-order valence-corrected chi connectivity index (χ2v) is 5.16. The number of aromatic nitrogens is 1. The molecule has 1 N–H and O–H groups in total. The summed E-state index contributed by atoms with van der Waals surface area (Å²) in [6, 6.07) is 15.6. The first-order valence-electron chi connectivity index (χ1n) is 6.67. The van der Waals surface area contributed by atoms with Crippen LogP contribution in [0, 0.1) is 0 Å². The Morgan fingerprint density at radius 3 is 2.60 bits per heavy atom. The molecule has 1 saturated heterocycles. The summed E-state index contributed by atoms with van der Waals surface area (Å²) in [6.07, 6.45) is 1.74. The fourth-order valence-electron chi connectivity index (χ4n) is 2.80. The first kappa shape index (κ1) is 12.8. The summed E-state index contributed by atoms with van der Waals surface area (Å²) in [5.74, 6) is 0.0144. The van der Waals surface area contributed by atoms with Crippen molar-refractivity contribution < 1.29 is 4.79 Å². The maximum absolute atomic E-state index is 12.7. The Morgan fingerprint density at radius 2 is 1.90 bits per heavy atom. The fourth-order valence-corrected chi connectivity index (χ4v) is 2.80. The normalized spacial score (nSPS) is 23.4. The molecule has 2 aromatic rings. The highest BCUT2D eigenvalue weighted by Crippen LogP contribution is 2.33. The van der Waals surface area contributed by atoms with Gasteiger partial charge in [0.2, 0.25) is 5.91 Å². The summed E-state index contributed by atoms with van der Waals surface area (Å²) >= 11 is 0. The first-order valence-corrected chi connectivity index (χ1v) is 6.67. The number of rotatable bonds is 2.